The van der Waals surface area contributed by atoms with Gasteiger partial charge in [0.05, 0.1) is 18.6 Å². The SMILES string of the molecule is O=C(C1OCCc2ccccc21)N1C[C@H]2COCC[C@@]2(C(=O)O)C1. The van der Waals surface area contributed by atoms with Crippen molar-refractivity contribution in [2.24, 2.45) is 11.3 Å². The molecule has 0 saturated carbocycles. The summed E-state index contributed by atoms with van der Waals surface area (Å²) in [6, 6.07) is 7.82. The number of carboxylic acid groups (broad SMARTS) is 1. The summed E-state index contributed by atoms with van der Waals surface area (Å²) in [5.41, 5.74) is 1.17. The van der Waals surface area contributed by atoms with Gasteiger partial charge < -0.3 is 19.5 Å². The lowest BCUT2D eigenvalue weighted by Gasteiger charge is -2.34. The molecule has 0 aromatic heterocycles. The predicted octanol–water partition coefficient (Wildman–Crippen LogP) is 1.25. The van der Waals surface area contributed by atoms with Crippen LogP contribution in [0.5, 0.6) is 0 Å². The van der Waals surface area contributed by atoms with E-state index in [0.717, 1.165) is 17.5 Å². The van der Waals surface area contributed by atoms with Crippen molar-refractivity contribution in [3.63, 3.8) is 0 Å². The third-order valence-corrected chi connectivity index (χ3v) is 5.66. The second kappa shape index (κ2) is 5.86. The first-order chi connectivity index (χ1) is 11.6. The lowest BCUT2D eigenvalue weighted by Crippen LogP contribution is -2.45. The molecule has 6 nitrogen and oxygen atoms in total. The zero-order valence-electron chi connectivity index (χ0n) is 13.4. The van der Waals surface area contributed by atoms with Gasteiger partial charge in [0.2, 0.25) is 0 Å². The van der Waals surface area contributed by atoms with Crippen molar-refractivity contribution in [1.82, 2.24) is 4.90 Å². The molecule has 4 rings (SSSR count). The van der Waals surface area contributed by atoms with Crippen LogP contribution in [-0.4, -0.2) is 54.8 Å². The maximum Gasteiger partial charge on any atom is 0.311 e. The van der Waals surface area contributed by atoms with Crippen molar-refractivity contribution in [3.8, 4) is 0 Å². The van der Waals surface area contributed by atoms with Crippen LogP contribution in [0.25, 0.3) is 0 Å². The minimum Gasteiger partial charge on any atom is -0.481 e. The number of benzene rings is 1. The van der Waals surface area contributed by atoms with Crippen molar-refractivity contribution < 1.29 is 24.2 Å². The number of aliphatic carboxylic acids is 1. The lowest BCUT2D eigenvalue weighted by molar-refractivity contribution is -0.157. The summed E-state index contributed by atoms with van der Waals surface area (Å²) in [5.74, 6) is -1.10. The highest BCUT2D eigenvalue weighted by Gasteiger charge is 2.55. The molecule has 1 N–H and O–H groups in total. The molecule has 3 aliphatic heterocycles. The zero-order valence-corrected chi connectivity index (χ0v) is 13.4. The van der Waals surface area contributed by atoms with Crippen LogP contribution in [0, 0.1) is 11.3 Å². The quantitative estimate of drug-likeness (QED) is 0.883. The number of carbonyl (C=O) groups excluding carboxylic acids is 1. The van der Waals surface area contributed by atoms with E-state index in [1.807, 2.05) is 24.3 Å². The van der Waals surface area contributed by atoms with Gasteiger partial charge in [-0.1, -0.05) is 24.3 Å². The van der Waals surface area contributed by atoms with Crippen molar-refractivity contribution in [1.29, 1.82) is 0 Å². The molecule has 6 heteroatoms. The third kappa shape index (κ3) is 2.32. The van der Waals surface area contributed by atoms with Crippen LogP contribution in [0.3, 0.4) is 0 Å². The van der Waals surface area contributed by atoms with E-state index in [-0.39, 0.29) is 18.4 Å². The average molecular weight is 331 g/mol. The van der Waals surface area contributed by atoms with E-state index in [1.54, 1.807) is 4.90 Å². The Morgan fingerprint density at radius 1 is 1.25 bits per heavy atom. The molecule has 0 spiro atoms. The number of rotatable bonds is 2. The van der Waals surface area contributed by atoms with Crippen LogP contribution in [-0.2, 0) is 25.5 Å². The molecule has 1 unspecified atom stereocenters. The second-order valence-electron chi connectivity index (χ2n) is 6.90. The molecule has 0 aliphatic carbocycles. The highest BCUT2D eigenvalue weighted by Crippen LogP contribution is 2.43. The number of carbonyl (C=O) groups is 2. The normalized spacial score (nSPS) is 32.1. The molecule has 1 aromatic carbocycles. The Balaban J connectivity index is 1.59. The van der Waals surface area contributed by atoms with Gasteiger partial charge in [-0.3, -0.25) is 9.59 Å². The summed E-state index contributed by atoms with van der Waals surface area (Å²) in [6.45, 7) is 2.02. The Labute approximate surface area is 140 Å². The monoisotopic (exact) mass is 331 g/mol. The minimum absolute atomic E-state index is 0.128. The smallest absolute Gasteiger partial charge is 0.311 e. The van der Waals surface area contributed by atoms with Gasteiger partial charge in [-0.2, -0.15) is 0 Å². The number of fused-ring (bicyclic) bond motifs is 2. The number of amides is 1. The minimum atomic E-state index is -0.873. The summed E-state index contributed by atoms with van der Waals surface area (Å²) in [4.78, 5) is 26.6. The number of hydrogen-bond donors (Lipinski definition) is 1. The standard InChI is InChI=1S/C18H21NO5/c20-16(15-14-4-2-1-3-12(14)5-7-24-15)19-9-13-10-23-8-6-18(13,11-19)17(21)22/h1-4,13,15H,5-11H2,(H,21,22)/t13-,15?,18+/m0/s1. The van der Waals surface area contributed by atoms with E-state index >= 15 is 0 Å². The van der Waals surface area contributed by atoms with Crippen LogP contribution in [0.1, 0.15) is 23.7 Å². The fourth-order valence-corrected chi connectivity index (χ4v) is 4.23. The van der Waals surface area contributed by atoms with Gasteiger partial charge in [-0.05, 0) is 24.0 Å². The van der Waals surface area contributed by atoms with Crippen LogP contribution >= 0.6 is 0 Å². The van der Waals surface area contributed by atoms with Crippen LogP contribution in [0.15, 0.2) is 24.3 Å². The third-order valence-electron chi connectivity index (χ3n) is 5.66. The fraction of sp³-hybridized carbons (Fsp3) is 0.556. The zero-order chi connectivity index (χ0) is 16.7. The molecule has 3 aliphatic rings. The summed E-state index contributed by atoms with van der Waals surface area (Å²) in [7, 11) is 0. The van der Waals surface area contributed by atoms with Crippen molar-refractivity contribution in [2.45, 2.75) is 18.9 Å². The van der Waals surface area contributed by atoms with E-state index in [2.05, 4.69) is 0 Å². The molecular weight excluding hydrogens is 310 g/mol. The molecule has 1 aromatic rings. The molecule has 3 heterocycles. The van der Waals surface area contributed by atoms with Gasteiger partial charge in [0, 0.05) is 25.6 Å². The van der Waals surface area contributed by atoms with E-state index in [4.69, 9.17) is 9.47 Å². The highest BCUT2D eigenvalue weighted by molar-refractivity contribution is 5.85. The van der Waals surface area contributed by atoms with Gasteiger partial charge in [-0.15, -0.1) is 0 Å². The molecular formula is C18H21NO5. The van der Waals surface area contributed by atoms with E-state index < -0.39 is 17.5 Å². The fourth-order valence-electron chi connectivity index (χ4n) is 4.23. The Hall–Kier alpha value is -1.92. The van der Waals surface area contributed by atoms with Crippen LogP contribution in [0.4, 0.5) is 0 Å². The highest BCUT2D eigenvalue weighted by atomic mass is 16.5. The van der Waals surface area contributed by atoms with E-state index in [0.29, 0.717) is 32.8 Å². The van der Waals surface area contributed by atoms with E-state index in [9.17, 15) is 14.7 Å². The van der Waals surface area contributed by atoms with Gasteiger partial charge in [0.25, 0.3) is 5.91 Å². The molecule has 2 saturated heterocycles. The molecule has 0 bridgehead atoms. The Kier molecular flexibility index (Phi) is 3.81. The number of nitrogens with zero attached hydrogens (tertiary/aromatic N) is 1. The molecule has 1 amide bonds. The van der Waals surface area contributed by atoms with Crippen LogP contribution in [0.2, 0.25) is 0 Å². The first-order valence-electron chi connectivity index (χ1n) is 8.41. The predicted molar refractivity (Wildman–Crippen MR) is 84.4 cm³/mol. The first-order valence-corrected chi connectivity index (χ1v) is 8.41. The number of carboxylic acids is 1. The van der Waals surface area contributed by atoms with Crippen LogP contribution < -0.4 is 0 Å². The number of hydrogen-bond acceptors (Lipinski definition) is 4. The molecule has 128 valence electrons. The molecule has 24 heavy (non-hydrogen) atoms. The summed E-state index contributed by atoms with van der Waals surface area (Å²) >= 11 is 0. The molecule has 3 atom stereocenters. The molecule has 0 radical (unpaired) electrons. The largest absolute Gasteiger partial charge is 0.481 e. The maximum absolute atomic E-state index is 13.0. The summed E-state index contributed by atoms with van der Waals surface area (Å²) < 4.78 is 11.2. The lowest BCUT2D eigenvalue weighted by atomic mass is 9.74. The summed E-state index contributed by atoms with van der Waals surface area (Å²) in [6.07, 6.45) is 0.635. The average Bonchev–Trinajstić information content (AvgIpc) is 3.02. The van der Waals surface area contributed by atoms with Gasteiger partial charge in [-0.25, -0.2) is 0 Å². The maximum atomic E-state index is 13.0. The first kappa shape index (κ1) is 15.6. The Bertz CT molecular complexity index is 675. The topological polar surface area (TPSA) is 76.1 Å². The Morgan fingerprint density at radius 2 is 2.08 bits per heavy atom. The second-order valence-corrected chi connectivity index (χ2v) is 6.90. The van der Waals surface area contributed by atoms with Crippen molar-refractivity contribution in [3.05, 3.63) is 35.4 Å². The van der Waals surface area contributed by atoms with E-state index in [1.165, 1.54) is 0 Å². The van der Waals surface area contributed by atoms with Gasteiger partial charge in [0.15, 0.2) is 6.10 Å². The van der Waals surface area contributed by atoms with Crippen molar-refractivity contribution >= 4 is 11.9 Å². The van der Waals surface area contributed by atoms with Crippen molar-refractivity contribution in [2.75, 3.05) is 32.9 Å². The molecule has 2 fully saturated rings. The number of ether oxygens (including phenoxy) is 2. The Morgan fingerprint density at radius 3 is 2.88 bits per heavy atom. The summed E-state index contributed by atoms with van der Waals surface area (Å²) in [5, 5.41) is 9.74. The van der Waals surface area contributed by atoms with Gasteiger partial charge >= 0.3 is 5.97 Å². The number of likely N-dealkylation sites (tertiary alicyclic amines) is 1. The van der Waals surface area contributed by atoms with Gasteiger partial charge in [0.1, 0.15) is 0 Å².